The summed E-state index contributed by atoms with van der Waals surface area (Å²) in [6.45, 7) is 6.34. The Bertz CT molecular complexity index is 692. The molecule has 1 saturated heterocycles. The van der Waals surface area contributed by atoms with Gasteiger partial charge in [-0.05, 0) is 50.4 Å². The molecule has 0 radical (unpaired) electrons. The van der Waals surface area contributed by atoms with Crippen molar-refractivity contribution in [3.05, 3.63) is 52.8 Å². The van der Waals surface area contributed by atoms with Crippen molar-refractivity contribution < 1.29 is 4.79 Å². The van der Waals surface area contributed by atoms with Crippen LogP contribution in [0.5, 0.6) is 0 Å². The van der Waals surface area contributed by atoms with Gasteiger partial charge in [-0.2, -0.15) is 5.10 Å². The van der Waals surface area contributed by atoms with E-state index in [9.17, 15) is 4.79 Å². The van der Waals surface area contributed by atoms with Gasteiger partial charge in [0.2, 0.25) is 5.91 Å². The first-order valence-electron chi connectivity index (χ1n) is 8.22. The molecular formula is C18H25ClN4O. The van der Waals surface area contributed by atoms with Crippen LogP contribution in [0.4, 0.5) is 0 Å². The first-order chi connectivity index (χ1) is 11.1. The van der Waals surface area contributed by atoms with Crippen LogP contribution < -0.4 is 10.6 Å². The van der Waals surface area contributed by atoms with Crippen LogP contribution >= 0.6 is 12.4 Å². The normalized spacial score (nSPS) is 16.7. The first kappa shape index (κ1) is 18.5. The molecule has 1 fully saturated rings. The fraction of sp³-hybridized carbons (Fsp3) is 0.444. The molecule has 1 atom stereocenters. The number of rotatable bonds is 5. The summed E-state index contributed by atoms with van der Waals surface area (Å²) in [6, 6.07) is 10.4. The standard InChI is InChI=1S/C18H24N4O.ClH/c1-13-9-14(2)22(21-13)12-16-6-3-5-15(10-16)11-20-18(23)17-7-4-8-19-17;/h3,5-6,9-10,17,19H,4,7-8,11-12H2,1-2H3,(H,20,23);1H. The van der Waals surface area contributed by atoms with Crippen molar-refractivity contribution in [3.63, 3.8) is 0 Å². The Balaban J connectivity index is 0.00000208. The molecule has 0 bridgehead atoms. The Morgan fingerprint density at radius 2 is 2.12 bits per heavy atom. The summed E-state index contributed by atoms with van der Waals surface area (Å²) in [6.07, 6.45) is 2.01. The second kappa shape index (κ2) is 8.31. The number of hydrogen-bond donors (Lipinski definition) is 2. The molecule has 3 rings (SSSR count). The maximum absolute atomic E-state index is 12.1. The van der Waals surface area contributed by atoms with Crippen molar-refractivity contribution in [1.29, 1.82) is 0 Å². The quantitative estimate of drug-likeness (QED) is 0.872. The lowest BCUT2D eigenvalue weighted by molar-refractivity contribution is -0.122. The summed E-state index contributed by atoms with van der Waals surface area (Å²) in [5.41, 5.74) is 4.51. The molecule has 2 N–H and O–H groups in total. The maximum Gasteiger partial charge on any atom is 0.237 e. The lowest BCUT2D eigenvalue weighted by Crippen LogP contribution is -2.40. The summed E-state index contributed by atoms with van der Waals surface area (Å²) in [5, 5.41) is 10.7. The molecule has 1 aliphatic heterocycles. The van der Waals surface area contributed by atoms with Crippen LogP contribution in [-0.4, -0.2) is 28.3 Å². The van der Waals surface area contributed by atoms with Crippen LogP contribution in [0.15, 0.2) is 30.3 Å². The van der Waals surface area contributed by atoms with E-state index >= 15 is 0 Å². The lowest BCUT2D eigenvalue weighted by atomic mass is 10.1. The van der Waals surface area contributed by atoms with Crippen LogP contribution in [0.1, 0.15) is 35.4 Å². The Kier molecular flexibility index (Phi) is 6.40. The van der Waals surface area contributed by atoms with Gasteiger partial charge in [0.15, 0.2) is 0 Å². The van der Waals surface area contributed by atoms with E-state index in [1.807, 2.05) is 23.7 Å². The molecule has 5 nitrogen and oxygen atoms in total. The topological polar surface area (TPSA) is 59.0 Å². The average Bonchev–Trinajstić information content (AvgIpc) is 3.16. The fourth-order valence-electron chi connectivity index (χ4n) is 3.07. The van der Waals surface area contributed by atoms with Crippen LogP contribution in [0.3, 0.4) is 0 Å². The van der Waals surface area contributed by atoms with Crippen LogP contribution in [0.2, 0.25) is 0 Å². The minimum atomic E-state index is -0.0205. The Hall–Kier alpha value is -1.85. The van der Waals surface area contributed by atoms with Gasteiger partial charge in [-0.3, -0.25) is 9.48 Å². The second-order valence-corrected chi connectivity index (χ2v) is 6.27. The molecule has 0 saturated carbocycles. The maximum atomic E-state index is 12.1. The van der Waals surface area contributed by atoms with Gasteiger partial charge >= 0.3 is 0 Å². The number of nitrogens with one attached hydrogen (secondary N) is 2. The number of nitrogens with zero attached hydrogens (tertiary/aromatic N) is 2. The van der Waals surface area contributed by atoms with Crippen molar-refractivity contribution in [3.8, 4) is 0 Å². The third kappa shape index (κ3) is 4.58. The number of carbonyl (C=O) groups excluding carboxylic acids is 1. The Labute approximate surface area is 149 Å². The molecule has 1 aromatic carbocycles. The SMILES string of the molecule is Cc1cc(C)n(Cc2cccc(CNC(=O)C3CCCN3)c2)n1.Cl. The highest BCUT2D eigenvalue weighted by molar-refractivity contribution is 5.85. The molecule has 0 aliphatic carbocycles. The molecule has 0 spiro atoms. The largest absolute Gasteiger partial charge is 0.351 e. The van der Waals surface area contributed by atoms with E-state index in [2.05, 4.69) is 40.9 Å². The third-order valence-electron chi connectivity index (χ3n) is 4.27. The predicted octanol–water partition coefficient (Wildman–Crippen LogP) is 2.34. The minimum absolute atomic E-state index is 0. The van der Waals surface area contributed by atoms with Gasteiger partial charge in [-0.15, -0.1) is 12.4 Å². The second-order valence-electron chi connectivity index (χ2n) is 6.27. The third-order valence-corrected chi connectivity index (χ3v) is 4.27. The van der Waals surface area contributed by atoms with Gasteiger partial charge in [-0.25, -0.2) is 0 Å². The molecule has 130 valence electrons. The number of amides is 1. The number of aryl methyl sites for hydroxylation is 2. The minimum Gasteiger partial charge on any atom is -0.351 e. The van der Waals surface area contributed by atoms with Crippen LogP contribution in [0, 0.1) is 13.8 Å². The summed E-state index contributed by atoms with van der Waals surface area (Å²) < 4.78 is 2.01. The highest BCUT2D eigenvalue weighted by Crippen LogP contribution is 2.10. The molecule has 2 aromatic rings. The molecule has 2 heterocycles. The number of halogens is 1. The summed E-state index contributed by atoms with van der Waals surface area (Å²) in [4.78, 5) is 12.1. The highest BCUT2D eigenvalue weighted by atomic mass is 35.5. The predicted molar refractivity (Wildman–Crippen MR) is 97.4 cm³/mol. The molecule has 6 heteroatoms. The molecule has 1 aliphatic rings. The van der Waals surface area contributed by atoms with Gasteiger partial charge in [0.05, 0.1) is 18.3 Å². The molecular weight excluding hydrogens is 324 g/mol. The monoisotopic (exact) mass is 348 g/mol. The Morgan fingerprint density at radius 1 is 1.33 bits per heavy atom. The number of benzene rings is 1. The van der Waals surface area contributed by atoms with Gasteiger partial charge in [0.1, 0.15) is 0 Å². The molecule has 1 unspecified atom stereocenters. The van der Waals surface area contributed by atoms with Crippen LogP contribution in [0.25, 0.3) is 0 Å². The Morgan fingerprint density at radius 3 is 2.79 bits per heavy atom. The van der Waals surface area contributed by atoms with Gasteiger partial charge in [-0.1, -0.05) is 24.3 Å². The van der Waals surface area contributed by atoms with E-state index in [1.54, 1.807) is 0 Å². The molecule has 1 amide bonds. The van der Waals surface area contributed by atoms with E-state index < -0.39 is 0 Å². The van der Waals surface area contributed by atoms with E-state index in [0.717, 1.165) is 42.9 Å². The van der Waals surface area contributed by atoms with Crippen molar-refractivity contribution in [1.82, 2.24) is 20.4 Å². The van der Waals surface area contributed by atoms with E-state index in [0.29, 0.717) is 6.54 Å². The number of hydrogen-bond acceptors (Lipinski definition) is 3. The van der Waals surface area contributed by atoms with E-state index in [-0.39, 0.29) is 24.4 Å². The van der Waals surface area contributed by atoms with Gasteiger partial charge < -0.3 is 10.6 Å². The zero-order chi connectivity index (χ0) is 16.2. The molecule has 1 aromatic heterocycles. The van der Waals surface area contributed by atoms with E-state index in [1.165, 1.54) is 5.56 Å². The van der Waals surface area contributed by atoms with Crippen molar-refractivity contribution in [2.45, 2.75) is 45.8 Å². The van der Waals surface area contributed by atoms with Crippen molar-refractivity contribution in [2.24, 2.45) is 0 Å². The lowest BCUT2D eigenvalue weighted by Gasteiger charge is -2.12. The number of carbonyl (C=O) groups is 1. The molecule has 24 heavy (non-hydrogen) atoms. The first-order valence-corrected chi connectivity index (χ1v) is 8.22. The summed E-state index contributed by atoms with van der Waals surface area (Å²) in [5.74, 6) is 0.103. The smallest absolute Gasteiger partial charge is 0.237 e. The zero-order valence-electron chi connectivity index (χ0n) is 14.2. The average molecular weight is 349 g/mol. The van der Waals surface area contributed by atoms with Gasteiger partial charge in [0.25, 0.3) is 0 Å². The fourth-order valence-corrected chi connectivity index (χ4v) is 3.07. The van der Waals surface area contributed by atoms with Crippen molar-refractivity contribution in [2.75, 3.05) is 6.54 Å². The summed E-state index contributed by atoms with van der Waals surface area (Å²) in [7, 11) is 0. The van der Waals surface area contributed by atoms with Crippen LogP contribution in [-0.2, 0) is 17.9 Å². The van der Waals surface area contributed by atoms with E-state index in [4.69, 9.17) is 0 Å². The van der Waals surface area contributed by atoms with Gasteiger partial charge in [0, 0.05) is 12.2 Å². The van der Waals surface area contributed by atoms with Crippen molar-refractivity contribution >= 4 is 18.3 Å². The highest BCUT2D eigenvalue weighted by Gasteiger charge is 2.21. The summed E-state index contributed by atoms with van der Waals surface area (Å²) >= 11 is 0. The number of aromatic nitrogens is 2. The zero-order valence-corrected chi connectivity index (χ0v) is 15.0.